The minimum atomic E-state index is -0.583. The van der Waals surface area contributed by atoms with E-state index in [-0.39, 0.29) is 18.4 Å². The van der Waals surface area contributed by atoms with Gasteiger partial charge in [0.1, 0.15) is 12.6 Å². The fourth-order valence-corrected chi connectivity index (χ4v) is 1.93. The van der Waals surface area contributed by atoms with Crippen LogP contribution in [0.3, 0.4) is 0 Å². The van der Waals surface area contributed by atoms with Crippen LogP contribution in [0.4, 0.5) is 4.79 Å². The van der Waals surface area contributed by atoms with Crippen molar-refractivity contribution >= 4 is 12.0 Å². The molecule has 0 heterocycles. The number of rotatable bonds is 8. The fourth-order valence-electron chi connectivity index (χ4n) is 1.93. The van der Waals surface area contributed by atoms with Crippen LogP contribution in [0.25, 0.3) is 0 Å². The lowest BCUT2D eigenvalue weighted by atomic mass is 10.0. The van der Waals surface area contributed by atoms with Gasteiger partial charge in [0.25, 0.3) is 0 Å². The number of carbonyl (C=O) groups is 2. The van der Waals surface area contributed by atoms with Gasteiger partial charge in [-0.3, -0.25) is 4.79 Å². The molecule has 1 unspecified atom stereocenters. The average molecular weight is 306 g/mol. The Hall–Kier alpha value is -2.04. The van der Waals surface area contributed by atoms with Gasteiger partial charge < -0.3 is 15.4 Å². The molecule has 2 amide bonds. The quantitative estimate of drug-likeness (QED) is 0.726. The third-order valence-corrected chi connectivity index (χ3v) is 3.26. The van der Waals surface area contributed by atoms with Gasteiger partial charge in [-0.05, 0) is 17.9 Å². The summed E-state index contributed by atoms with van der Waals surface area (Å²) in [7, 11) is 0. The summed E-state index contributed by atoms with van der Waals surface area (Å²) in [4.78, 5) is 23.9. The lowest BCUT2D eigenvalue weighted by Crippen LogP contribution is -2.50. The molecule has 0 fully saturated rings. The molecule has 5 nitrogen and oxygen atoms in total. The maximum Gasteiger partial charge on any atom is 0.408 e. The Morgan fingerprint density at radius 1 is 1.18 bits per heavy atom. The number of hydrogen-bond donors (Lipinski definition) is 2. The zero-order valence-electron chi connectivity index (χ0n) is 13.6. The lowest BCUT2D eigenvalue weighted by Gasteiger charge is -2.21. The maximum atomic E-state index is 12.1. The molecule has 1 aromatic rings. The van der Waals surface area contributed by atoms with Crippen LogP contribution >= 0.6 is 0 Å². The third-order valence-electron chi connectivity index (χ3n) is 3.26. The number of carbonyl (C=O) groups excluding carboxylic acids is 2. The van der Waals surface area contributed by atoms with Gasteiger partial charge in [-0.2, -0.15) is 0 Å². The molecule has 2 N–H and O–H groups in total. The summed E-state index contributed by atoms with van der Waals surface area (Å²) < 4.78 is 5.15. The molecule has 1 aromatic carbocycles. The average Bonchev–Trinajstić information content (AvgIpc) is 2.51. The molecule has 0 aromatic heterocycles. The van der Waals surface area contributed by atoms with Crippen molar-refractivity contribution in [1.29, 1.82) is 0 Å². The largest absolute Gasteiger partial charge is 0.445 e. The van der Waals surface area contributed by atoms with E-state index in [2.05, 4.69) is 17.6 Å². The number of hydrogen-bond acceptors (Lipinski definition) is 3. The van der Waals surface area contributed by atoms with Gasteiger partial charge in [0.05, 0.1) is 0 Å². The Morgan fingerprint density at radius 2 is 1.86 bits per heavy atom. The molecule has 5 heteroatoms. The highest BCUT2D eigenvalue weighted by Gasteiger charge is 2.24. The predicted octanol–water partition coefficient (Wildman–Crippen LogP) is 2.85. The fraction of sp³-hybridized carbons (Fsp3) is 0.529. The molecule has 0 aliphatic carbocycles. The van der Waals surface area contributed by atoms with Gasteiger partial charge in [-0.15, -0.1) is 0 Å². The van der Waals surface area contributed by atoms with E-state index < -0.39 is 12.1 Å². The van der Waals surface area contributed by atoms with E-state index in [9.17, 15) is 9.59 Å². The minimum absolute atomic E-state index is 0.00842. The van der Waals surface area contributed by atoms with E-state index in [0.29, 0.717) is 6.54 Å². The first kappa shape index (κ1) is 18.0. The molecule has 1 atom stereocenters. The normalized spacial score (nSPS) is 11.8. The molecular formula is C17H26N2O3. The van der Waals surface area contributed by atoms with Crippen LogP contribution in [0.2, 0.25) is 0 Å². The van der Waals surface area contributed by atoms with Crippen LogP contribution in [0.5, 0.6) is 0 Å². The van der Waals surface area contributed by atoms with E-state index in [0.717, 1.165) is 18.4 Å². The standard InChI is InChI=1S/C17H26N2O3/c1-4-5-11-18-16(20)15(13(2)3)19-17(21)22-12-14-9-7-6-8-10-14/h6-10,13,15H,4-5,11-12H2,1-3H3,(H,18,20)(H,19,21). The molecule has 0 saturated carbocycles. The molecule has 0 bridgehead atoms. The smallest absolute Gasteiger partial charge is 0.408 e. The van der Waals surface area contributed by atoms with Gasteiger partial charge in [0, 0.05) is 6.54 Å². The second kappa shape index (κ2) is 9.82. The SMILES string of the molecule is CCCCNC(=O)C(NC(=O)OCc1ccccc1)C(C)C. The van der Waals surface area contributed by atoms with Crippen LogP contribution < -0.4 is 10.6 Å². The molecule has 1 rings (SSSR count). The first-order valence-electron chi connectivity index (χ1n) is 7.79. The highest BCUT2D eigenvalue weighted by molar-refractivity contribution is 5.85. The molecule has 0 aliphatic rings. The summed E-state index contributed by atoms with van der Waals surface area (Å²) in [5, 5.41) is 5.48. The Bertz CT molecular complexity index is 460. The zero-order valence-corrected chi connectivity index (χ0v) is 13.6. The second-order valence-corrected chi connectivity index (χ2v) is 5.57. The van der Waals surface area contributed by atoms with Crippen molar-refractivity contribution < 1.29 is 14.3 Å². The number of unbranched alkanes of at least 4 members (excludes halogenated alkanes) is 1. The van der Waals surface area contributed by atoms with Crippen molar-refractivity contribution in [2.24, 2.45) is 5.92 Å². The summed E-state index contributed by atoms with van der Waals surface area (Å²) >= 11 is 0. The van der Waals surface area contributed by atoms with Gasteiger partial charge in [-0.25, -0.2) is 4.79 Å². The Kier molecular flexibility index (Phi) is 8.04. The molecule has 122 valence electrons. The summed E-state index contributed by atoms with van der Waals surface area (Å²) in [5.41, 5.74) is 0.908. The van der Waals surface area contributed by atoms with Crippen molar-refractivity contribution in [2.45, 2.75) is 46.3 Å². The van der Waals surface area contributed by atoms with Crippen molar-refractivity contribution in [3.05, 3.63) is 35.9 Å². The number of ether oxygens (including phenoxy) is 1. The predicted molar refractivity (Wildman–Crippen MR) is 86.3 cm³/mol. The van der Waals surface area contributed by atoms with E-state index >= 15 is 0 Å². The summed E-state index contributed by atoms with van der Waals surface area (Å²) in [6.45, 7) is 6.66. The highest BCUT2D eigenvalue weighted by Crippen LogP contribution is 2.04. The first-order valence-corrected chi connectivity index (χ1v) is 7.79. The molecular weight excluding hydrogens is 280 g/mol. The molecule has 0 saturated heterocycles. The molecule has 0 radical (unpaired) electrons. The van der Waals surface area contributed by atoms with E-state index in [1.165, 1.54) is 0 Å². The monoisotopic (exact) mass is 306 g/mol. The van der Waals surface area contributed by atoms with Gasteiger partial charge in [0.15, 0.2) is 0 Å². The maximum absolute atomic E-state index is 12.1. The third kappa shape index (κ3) is 6.61. The minimum Gasteiger partial charge on any atom is -0.445 e. The van der Waals surface area contributed by atoms with Crippen molar-refractivity contribution in [2.75, 3.05) is 6.54 Å². The number of alkyl carbamates (subject to hydrolysis) is 1. The Morgan fingerprint density at radius 3 is 2.45 bits per heavy atom. The number of amides is 2. The summed E-state index contributed by atoms with van der Waals surface area (Å²) in [5.74, 6) is -0.175. The number of nitrogens with one attached hydrogen (secondary N) is 2. The lowest BCUT2D eigenvalue weighted by molar-refractivity contribution is -0.124. The highest BCUT2D eigenvalue weighted by atomic mass is 16.5. The van der Waals surface area contributed by atoms with Crippen LogP contribution in [0.1, 0.15) is 39.2 Å². The molecule has 0 spiro atoms. The van der Waals surface area contributed by atoms with Gasteiger partial charge in [-0.1, -0.05) is 57.5 Å². The Balaban J connectivity index is 2.44. The second-order valence-electron chi connectivity index (χ2n) is 5.57. The zero-order chi connectivity index (χ0) is 16.4. The van der Waals surface area contributed by atoms with E-state index in [4.69, 9.17) is 4.74 Å². The van der Waals surface area contributed by atoms with Gasteiger partial charge in [0.2, 0.25) is 5.91 Å². The van der Waals surface area contributed by atoms with Crippen molar-refractivity contribution in [3.8, 4) is 0 Å². The van der Waals surface area contributed by atoms with Crippen LogP contribution in [-0.4, -0.2) is 24.6 Å². The number of benzene rings is 1. The molecule has 0 aliphatic heterocycles. The molecule has 22 heavy (non-hydrogen) atoms. The van der Waals surface area contributed by atoms with Crippen LogP contribution in [-0.2, 0) is 16.1 Å². The topological polar surface area (TPSA) is 67.4 Å². The summed E-state index contributed by atoms with van der Waals surface area (Å²) in [6, 6.07) is 8.85. The van der Waals surface area contributed by atoms with Crippen molar-refractivity contribution in [3.63, 3.8) is 0 Å². The van der Waals surface area contributed by atoms with E-state index in [1.807, 2.05) is 44.2 Å². The summed E-state index contributed by atoms with van der Waals surface area (Å²) in [6.07, 6.45) is 1.36. The van der Waals surface area contributed by atoms with Crippen molar-refractivity contribution in [1.82, 2.24) is 10.6 Å². The van der Waals surface area contributed by atoms with Crippen LogP contribution in [0, 0.1) is 5.92 Å². The Labute approximate surface area is 132 Å². The van der Waals surface area contributed by atoms with Crippen LogP contribution in [0.15, 0.2) is 30.3 Å². The first-order chi connectivity index (χ1) is 10.5. The van der Waals surface area contributed by atoms with Gasteiger partial charge >= 0.3 is 6.09 Å². The van der Waals surface area contributed by atoms with E-state index in [1.54, 1.807) is 0 Å².